The lowest BCUT2D eigenvalue weighted by molar-refractivity contribution is -0.122. The van der Waals surface area contributed by atoms with Crippen molar-refractivity contribution in [3.63, 3.8) is 0 Å². The Hall–Kier alpha value is -3.37. The molecule has 0 bridgehead atoms. The Morgan fingerprint density at radius 1 is 1.06 bits per heavy atom. The summed E-state index contributed by atoms with van der Waals surface area (Å²) in [5, 5.41) is 1.33. The van der Waals surface area contributed by atoms with E-state index in [2.05, 4.69) is 20.8 Å². The zero-order valence-electron chi connectivity index (χ0n) is 17.8. The molecule has 0 spiro atoms. The first-order chi connectivity index (χ1) is 15.3. The summed E-state index contributed by atoms with van der Waals surface area (Å²) in [5.74, 6) is -0.839. The van der Waals surface area contributed by atoms with E-state index in [1.54, 1.807) is 6.92 Å². The topological polar surface area (TPSA) is 106 Å². The number of fused-ring (bicyclic) bond motifs is 1. The third-order valence-corrected chi connectivity index (χ3v) is 7.40. The van der Waals surface area contributed by atoms with Gasteiger partial charge in [0.2, 0.25) is 5.91 Å². The summed E-state index contributed by atoms with van der Waals surface area (Å²) >= 11 is 2.74. The van der Waals surface area contributed by atoms with Crippen LogP contribution >= 0.6 is 22.7 Å². The van der Waals surface area contributed by atoms with Gasteiger partial charge in [-0.2, -0.15) is 0 Å². The fraction of sp³-hybridized carbons (Fsp3) is 0.227. The van der Waals surface area contributed by atoms with Gasteiger partial charge in [0, 0.05) is 23.4 Å². The van der Waals surface area contributed by atoms with Crippen molar-refractivity contribution in [3.8, 4) is 10.6 Å². The number of amides is 2. The molecule has 2 amide bonds. The number of carbonyl (C=O) groups is 2. The molecular formula is C22H21N5O3S2. The van der Waals surface area contributed by atoms with Crippen molar-refractivity contribution in [2.45, 2.75) is 33.7 Å². The Bertz CT molecular complexity index is 1370. The van der Waals surface area contributed by atoms with Crippen molar-refractivity contribution in [3.05, 3.63) is 68.0 Å². The Balaban J connectivity index is 1.37. The number of hydrazine groups is 1. The Morgan fingerprint density at radius 2 is 1.81 bits per heavy atom. The lowest BCUT2D eigenvalue weighted by Gasteiger charge is -2.08. The predicted octanol–water partition coefficient (Wildman–Crippen LogP) is 3.36. The molecule has 10 heteroatoms. The fourth-order valence-corrected chi connectivity index (χ4v) is 5.16. The number of carbonyl (C=O) groups excluding carboxylic acids is 2. The normalized spacial score (nSPS) is 11.0. The molecular weight excluding hydrogens is 446 g/mol. The summed E-state index contributed by atoms with van der Waals surface area (Å²) in [7, 11) is 0. The van der Waals surface area contributed by atoms with Crippen LogP contribution in [-0.2, 0) is 11.3 Å². The van der Waals surface area contributed by atoms with Gasteiger partial charge in [0.1, 0.15) is 14.7 Å². The maximum Gasteiger partial charge on any atom is 0.281 e. The maximum absolute atomic E-state index is 12.7. The van der Waals surface area contributed by atoms with E-state index in [4.69, 9.17) is 0 Å². The minimum Gasteiger partial charge on any atom is -0.298 e. The van der Waals surface area contributed by atoms with Gasteiger partial charge in [0.25, 0.3) is 11.5 Å². The van der Waals surface area contributed by atoms with Crippen molar-refractivity contribution in [1.29, 1.82) is 0 Å². The summed E-state index contributed by atoms with van der Waals surface area (Å²) in [5.41, 5.74) is 7.11. The molecule has 4 aromatic rings. The Labute approximate surface area is 191 Å². The average molecular weight is 468 g/mol. The van der Waals surface area contributed by atoms with E-state index in [0.29, 0.717) is 20.8 Å². The largest absolute Gasteiger partial charge is 0.298 e. The summed E-state index contributed by atoms with van der Waals surface area (Å²) in [6.07, 6.45) is 1.48. The van der Waals surface area contributed by atoms with E-state index < -0.39 is 11.8 Å². The van der Waals surface area contributed by atoms with Gasteiger partial charge >= 0.3 is 0 Å². The number of rotatable bonds is 5. The van der Waals surface area contributed by atoms with Crippen molar-refractivity contribution in [1.82, 2.24) is 25.4 Å². The molecule has 0 atom stereocenters. The molecule has 2 N–H and O–H groups in total. The first-order valence-corrected chi connectivity index (χ1v) is 11.6. The highest BCUT2D eigenvalue weighted by molar-refractivity contribution is 7.18. The molecule has 0 fully saturated rings. The molecule has 4 rings (SSSR count). The standard InChI is InChI=1S/C22H21N5O3S2/c1-12-14(3)31-21-17(12)22(30)27(11-23-21)10-9-16(28)25-26-19(29)18-13(2)24-20(32-18)15-7-5-4-6-8-15/h4-8,11H,9-10H2,1-3H3,(H,25,28)(H,26,29). The molecule has 0 saturated carbocycles. The zero-order chi connectivity index (χ0) is 22.8. The Kier molecular flexibility index (Phi) is 6.15. The van der Waals surface area contributed by atoms with E-state index >= 15 is 0 Å². The van der Waals surface area contributed by atoms with Crippen LogP contribution in [0.1, 0.15) is 32.2 Å². The maximum atomic E-state index is 12.7. The van der Waals surface area contributed by atoms with Crippen LogP contribution in [0.15, 0.2) is 41.5 Å². The van der Waals surface area contributed by atoms with E-state index in [1.807, 2.05) is 44.2 Å². The molecule has 0 saturated heterocycles. The van der Waals surface area contributed by atoms with Gasteiger partial charge in [0.15, 0.2) is 0 Å². The average Bonchev–Trinajstić information content (AvgIpc) is 3.32. The third-order valence-electron chi connectivity index (χ3n) is 5.07. The number of aryl methyl sites for hydroxylation is 4. The van der Waals surface area contributed by atoms with E-state index in [1.165, 1.54) is 33.6 Å². The fourth-order valence-electron chi connectivity index (χ4n) is 3.21. The molecule has 0 aliphatic heterocycles. The van der Waals surface area contributed by atoms with Crippen molar-refractivity contribution < 1.29 is 9.59 Å². The second-order valence-electron chi connectivity index (χ2n) is 7.26. The van der Waals surface area contributed by atoms with Gasteiger partial charge in [-0.1, -0.05) is 30.3 Å². The van der Waals surface area contributed by atoms with Crippen LogP contribution in [0.4, 0.5) is 0 Å². The quantitative estimate of drug-likeness (QED) is 0.438. The first-order valence-electron chi connectivity index (χ1n) is 9.92. The van der Waals surface area contributed by atoms with Crippen LogP contribution in [0.5, 0.6) is 0 Å². The summed E-state index contributed by atoms with van der Waals surface area (Å²) < 4.78 is 1.42. The zero-order valence-corrected chi connectivity index (χ0v) is 19.4. The molecule has 0 radical (unpaired) electrons. The molecule has 1 aromatic carbocycles. The SMILES string of the molecule is Cc1nc(-c2ccccc2)sc1C(=O)NNC(=O)CCn1cnc2sc(C)c(C)c2c1=O. The van der Waals surface area contributed by atoms with Gasteiger partial charge in [-0.25, -0.2) is 9.97 Å². The summed E-state index contributed by atoms with van der Waals surface area (Å²) in [6.45, 7) is 5.77. The highest BCUT2D eigenvalue weighted by atomic mass is 32.1. The lowest BCUT2D eigenvalue weighted by atomic mass is 10.2. The highest BCUT2D eigenvalue weighted by Gasteiger charge is 2.17. The number of aromatic nitrogens is 3. The highest BCUT2D eigenvalue weighted by Crippen LogP contribution is 2.27. The van der Waals surface area contributed by atoms with Gasteiger partial charge in [-0.15, -0.1) is 22.7 Å². The molecule has 0 aliphatic rings. The third kappa shape index (κ3) is 4.32. The minimum absolute atomic E-state index is 0.0203. The van der Waals surface area contributed by atoms with Crippen LogP contribution in [0.2, 0.25) is 0 Å². The number of benzene rings is 1. The number of hydrogen-bond donors (Lipinski definition) is 2. The second-order valence-corrected chi connectivity index (χ2v) is 9.46. The van der Waals surface area contributed by atoms with Crippen molar-refractivity contribution >= 4 is 44.7 Å². The summed E-state index contributed by atoms with van der Waals surface area (Å²) in [4.78, 5) is 48.4. The van der Waals surface area contributed by atoms with Crippen molar-refractivity contribution in [2.75, 3.05) is 0 Å². The minimum atomic E-state index is -0.430. The molecule has 0 unspecified atom stereocenters. The number of nitrogens with zero attached hydrogens (tertiary/aromatic N) is 3. The molecule has 3 aromatic heterocycles. The smallest absolute Gasteiger partial charge is 0.281 e. The van der Waals surface area contributed by atoms with Crippen LogP contribution in [-0.4, -0.2) is 26.3 Å². The molecule has 32 heavy (non-hydrogen) atoms. The van der Waals surface area contributed by atoms with E-state index in [-0.39, 0.29) is 18.5 Å². The van der Waals surface area contributed by atoms with E-state index in [9.17, 15) is 14.4 Å². The number of thiazole rings is 1. The first kappa shape index (κ1) is 21.8. The lowest BCUT2D eigenvalue weighted by Crippen LogP contribution is -2.42. The Morgan fingerprint density at radius 3 is 2.56 bits per heavy atom. The van der Waals surface area contributed by atoms with Crippen molar-refractivity contribution in [2.24, 2.45) is 0 Å². The number of nitrogens with one attached hydrogen (secondary N) is 2. The number of thiophene rings is 1. The monoisotopic (exact) mass is 467 g/mol. The second kappa shape index (κ2) is 9.01. The van der Waals surface area contributed by atoms with Crippen LogP contribution < -0.4 is 16.4 Å². The summed E-state index contributed by atoms with van der Waals surface area (Å²) in [6, 6.07) is 9.58. The van der Waals surface area contributed by atoms with Crippen LogP contribution in [0.3, 0.4) is 0 Å². The van der Waals surface area contributed by atoms with Gasteiger partial charge in [-0.05, 0) is 26.3 Å². The molecule has 0 aliphatic carbocycles. The predicted molar refractivity (Wildman–Crippen MR) is 126 cm³/mol. The van der Waals surface area contributed by atoms with Crippen LogP contribution in [0.25, 0.3) is 20.8 Å². The van der Waals surface area contributed by atoms with E-state index in [0.717, 1.165) is 21.0 Å². The van der Waals surface area contributed by atoms with Gasteiger partial charge < -0.3 is 0 Å². The number of hydrogen-bond acceptors (Lipinski definition) is 7. The molecule has 3 heterocycles. The van der Waals surface area contributed by atoms with Gasteiger partial charge in [0.05, 0.1) is 17.4 Å². The van der Waals surface area contributed by atoms with Crippen LogP contribution in [0, 0.1) is 20.8 Å². The molecule has 164 valence electrons. The molecule has 8 nitrogen and oxygen atoms in total. The van der Waals surface area contributed by atoms with Gasteiger partial charge in [-0.3, -0.25) is 29.8 Å².